The molecule has 2 aromatic carbocycles. The molecule has 112 valence electrons. The van der Waals surface area contributed by atoms with E-state index >= 15 is 0 Å². The van der Waals surface area contributed by atoms with Gasteiger partial charge in [-0.2, -0.15) is 5.26 Å². The second-order valence-electron chi connectivity index (χ2n) is 5.69. The number of hydrogen-bond donors (Lipinski definition) is 2. The summed E-state index contributed by atoms with van der Waals surface area (Å²) >= 11 is 0. The zero-order valence-corrected chi connectivity index (χ0v) is 12.6. The molecule has 4 heteroatoms. The Labute approximate surface area is 133 Å². The Morgan fingerprint density at radius 2 is 2.00 bits per heavy atom. The first-order valence-electron chi connectivity index (χ1n) is 7.43. The fraction of sp³-hybridized carbons (Fsp3) is 0.105. The molecule has 0 saturated carbocycles. The second kappa shape index (κ2) is 5.01. The molecule has 0 bridgehead atoms. The summed E-state index contributed by atoms with van der Waals surface area (Å²) in [6.07, 6.45) is 1.18. The largest absolute Gasteiger partial charge is 0.470 e. The number of fused-ring (bicyclic) bond motifs is 2. The summed E-state index contributed by atoms with van der Waals surface area (Å²) in [7, 11) is 0. The van der Waals surface area contributed by atoms with E-state index in [4.69, 9.17) is 10.5 Å². The van der Waals surface area contributed by atoms with Crippen LogP contribution in [0.3, 0.4) is 0 Å². The number of ether oxygens (including phenoxy) is 1. The van der Waals surface area contributed by atoms with Gasteiger partial charge in [0.15, 0.2) is 6.23 Å². The number of para-hydroxylation sites is 1. The summed E-state index contributed by atoms with van der Waals surface area (Å²) in [5.74, 6) is 0.711. The summed E-state index contributed by atoms with van der Waals surface area (Å²) in [4.78, 5) is 3.27. The topological polar surface area (TPSA) is 74.8 Å². The number of H-pyrrole nitrogens is 1. The molecule has 0 unspecified atom stereocenters. The maximum absolute atomic E-state index is 9.62. The van der Waals surface area contributed by atoms with Gasteiger partial charge in [0.2, 0.25) is 0 Å². The van der Waals surface area contributed by atoms with Crippen LogP contribution in [0.4, 0.5) is 0 Å². The minimum absolute atomic E-state index is 0.452. The summed E-state index contributed by atoms with van der Waals surface area (Å²) in [5, 5.41) is 10.7. The van der Waals surface area contributed by atoms with Crippen LogP contribution in [0.2, 0.25) is 0 Å². The summed E-state index contributed by atoms with van der Waals surface area (Å²) in [5.41, 5.74) is 11.4. The standard InChI is InChI=1S/C19H15N3O/c1-11-6-7-17-13(8-11)18(14(9-20)19(21)23-17)15-10-22-16-5-3-2-4-12(15)16/h2-8,10,19,22H,21H2,1H3/t19-/m0/s1. The Bertz CT molecular complexity index is 991. The van der Waals surface area contributed by atoms with Gasteiger partial charge in [-0.15, -0.1) is 0 Å². The summed E-state index contributed by atoms with van der Waals surface area (Å²) in [6.45, 7) is 2.02. The average molecular weight is 301 g/mol. The van der Waals surface area contributed by atoms with Crippen molar-refractivity contribution in [1.82, 2.24) is 4.98 Å². The van der Waals surface area contributed by atoms with Gasteiger partial charge in [-0.3, -0.25) is 5.73 Å². The number of aromatic nitrogens is 1. The van der Waals surface area contributed by atoms with Crippen molar-refractivity contribution < 1.29 is 4.74 Å². The van der Waals surface area contributed by atoms with Crippen molar-refractivity contribution >= 4 is 16.5 Å². The van der Waals surface area contributed by atoms with E-state index in [1.807, 2.05) is 55.6 Å². The monoisotopic (exact) mass is 301 g/mol. The Morgan fingerprint density at radius 1 is 1.17 bits per heavy atom. The molecule has 0 saturated heterocycles. The number of hydrogen-bond acceptors (Lipinski definition) is 3. The van der Waals surface area contributed by atoms with Crippen LogP contribution in [0.15, 0.2) is 54.2 Å². The Balaban J connectivity index is 2.08. The average Bonchev–Trinajstić information content (AvgIpc) is 2.98. The summed E-state index contributed by atoms with van der Waals surface area (Å²) < 4.78 is 5.72. The predicted molar refractivity (Wildman–Crippen MR) is 89.7 cm³/mol. The van der Waals surface area contributed by atoms with Crippen molar-refractivity contribution in [2.45, 2.75) is 13.2 Å². The minimum Gasteiger partial charge on any atom is -0.470 e. The molecule has 0 aliphatic carbocycles. The highest BCUT2D eigenvalue weighted by Crippen LogP contribution is 2.41. The van der Waals surface area contributed by atoms with Gasteiger partial charge in [0.1, 0.15) is 11.8 Å². The van der Waals surface area contributed by atoms with Crippen molar-refractivity contribution in [3.8, 4) is 11.8 Å². The molecule has 3 aromatic rings. The lowest BCUT2D eigenvalue weighted by atomic mass is 9.89. The van der Waals surface area contributed by atoms with Gasteiger partial charge in [-0.25, -0.2) is 0 Å². The quantitative estimate of drug-likeness (QED) is 0.722. The van der Waals surface area contributed by atoms with E-state index in [2.05, 4.69) is 11.1 Å². The number of nitrogens with zero attached hydrogens (tertiary/aromatic N) is 1. The Hall–Kier alpha value is -3.03. The van der Waals surface area contributed by atoms with Gasteiger partial charge in [0.25, 0.3) is 0 Å². The molecule has 0 fully saturated rings. The molecule has 1 atom stereocenters. The molecule has 1 aromatic heterocycles. The van der Waals surface area contributed by atoms with Gasteiger partial charge in [-0.05, 0) is 25.1 Å². The van der Waals surface area contributed by atoms with E-state index in [9.17, 15) is 5.26 Å². The SMILES string of the molecule is Cc1ccc2c(c1)C(c1c[nH]c3ccccc13)=C(C#N)[C@@H](N)O2. The van der Waals surface area contributed by atoms with Crippen LogP contribution >= 0.6 is 0 Å². The molecule has 23 heavy (non-hydrogen) atoms. The fourth-order valence-corrected chi connectivity index (χ4v) is 3.11. The number of benzene rings is 2. The van der Waals surface area contributed by atoms with E-state index in [0.717, 1.165) is 33.2 Å². The Morgan fingerprint density at radius 3 is 2.83 bits per heavy atom. The second-order valence-corrected chi connectivity index (χ2v) is 5.69. The fourth-order valence-electron chi connectivity index (χ4n) is 3.11. The number of nitrogens with two attached hydrogens (primary N) is 1. The normalized spacial score (nSPS) is 16.8. The van der Waals surface area contributed by atoms with E-state index in [0.29, 0.717) is 11.3 Å². The lowest BCUT2D eigenvalue weighted by Gasteiger charge is -2.26. The van der Waals surface area contributed by atoms with E-state index in [1.54, 1.807) is 0 Å². The lowest BCUT2D eigenvalue weighted by Crippen LogP contribution is -2.32. The van der Waals surface area contributed by atoms with Crippen molar-refractivity contribution in [1.29, 1.82) is 5.26 Å². The van der Waals surface area contributed by atoms with Gasteiger partial charge in [0, 0.05) is 33.8 Å². The number of aromatic amines is 1. The first kappa shape index (κ1) is 13.6. The van der Waals surface area contributed by atoms with Crippen LogP contribution in [-0.2, 0) is 0 Å². The number of rotatable bonds is 1. The predicted octanol–water partition coefficient (Wildman–Crippen LogP) is 3.48. The van der Waals surface area contributed by atoms with Crippen LogP contribution < -0.4 is 10.5 Å². The zero-order valence-electron chi connectivity index (χ0n) is 12.6. The smallest absolute Gasteiger partial charge is 0.184 e. The third-order valence-corrected chi connectivity index (χ3v) is 4.19. The van der Waals surface area contributed by atoms with Crippen molar-refractivity contribution in [3.05, 3.63) is 70.9 Å². The molecule has 2 heterocycles. The Kier molecular flexibility index (Phi) is 2.97. The molecule has 0 spiro atoms. The highest BCUT2D eigenvalue weighted by atomic mass is 16.5. The van der Waals surface area contributed by atoms with Crippen LogP contribution in [0.25, 0.3) is 16.5 Å². The third-order valence-electron chi connectivity index (χ3n) is 4.19. The minimum atomic E-state index is -0.751. The highest BCUT2D eigenvalue weighted by molar-refractivity contribution is 6.00. The van der Waals surface area contributed by atoms with Crippen LogP contribution in [-0.4, -0.2) is 11.2 Å². The van der Waals surface area contributed by atoms with Crippen LogP contribution in [0, 0.1) is 18.3 Å². The molecule has 3 N–H and O–H groups in total. The lowest BCUT2D eigenvalue weighted by molar-refractivity contribution is 0.245. The molecule has 1 aliphatic heterocycles. The van der Waals surface area contributed by atoms with Gasteiger partial charge < -0.3 is 9.72 Å². The zero-order chi connectivity index (χ0) is 16.0. The molecule has 0 radical (unpaired) electrons. The first-order valence-corrected chi connectivity index (χ1v) is 7.43. The van der Waals surface area contributed by atoms with Crippen LogP contribution in [0.1, 0.15) is 16.7 Å². The maximum Gasteiger partial charge on any atom is 0.184 e. The third kappa shape index (κ3) is 2.02. The van der Waals surface area contributed by atoms with Crippen molar-refractivity contribution in [2.24, 2.45) is 5.73 Å². The number of aryl methyl sites for hydroxylation is 1. The molecular weight excluding hydrogens is 286 g/mol. The first-order chi connectivity index (χ1) is 11.2. The number of nitriles is 1. The molecule has 4 rings (SSSR count). The van der Waals surface area contributed by atoms with Gasteiger partial charge in [0.05, 0.1) is 5.57 Å². The highest BCUT2D eigenvalue weighted by Gasteiger charge is 2.28. The summed E-state index contributed by atoms with van der Waals surface area (Å²) in [6, 6.07) is 16.2. The van der Waals surface area contributed by atoms with Gasteiger partial charge >= 0.3 is 0 Å². The van der Waals surface area contributed by atoms with Crippen LogP contribution in [0.5, 0.6) is 5.75 Å². The molecule has 4 nitrogen and oxygen atoms in total. The number of nitrogens with one attached hydrogen (secondary N) is 1. The molecule has 1 aliphatic rings. The molecular formula is C19H15N3O. The van der Waals surface area contributed by atoms with E-state index in [-0.39, 0.29) is 0 Å². The molecule has 0 amide bonds. The maximum atomic E-state index is 9.62. The van der Waals surface area contributed by atoms with E-state index in [1.165, 1.54) is 0 Å². The van der Waals surface area contributed by atoms with Crippen molar-refractivity contribution in [3.63, 3.8) is 0 Å². The van der Waals surface area contributed by atoms with Crippen molar-refractivity contribution in [2.75, 3.05) is 0 Å². The van der Waals surface area contributed by atoms with Gasteiger partial charge in [-0.1, -0.05) is 29.8 Å². The van der Waals surface area contributed by atoms with E-state index < -0.39 is 6.23 Å².